The highest BCUT2D eigenvalue weighted by Crippen LogP contribution is 2.26. The number of nitrogens with zero attached hydrogens (tertiary/aromatic N) is 2. The smallest absolute Gasteiger partial charge is 0.230 e. The third-order valence-corrected chi connectivity index (χ3v) is 6.77. The van der Waals surface area contributed by atoms with E-state index < -0.39 is 0 Å². The molecule has 2 amide bonds. The van der Waals surface area contributed by atoms with Gasteiger partial charge in [0.1, 0.15) is 0 Å². The fourth-order valence-corrected chi connectivity index (χ4v) is 4.93. The van der Waals surface area contributed by atoms with Crippen LogP contribution >= 0.6 is 23.4 Å². The molecule has 7 heteroatoms. The van der Waals surface area contributed by atoms with Gasteiger partial charge in [-0.2, -0.15) is 0 Å². The zero-order chi connectivity index (χ0) is 19.8. The van der Waals surface area contributed by atoms with Crippen molar-refractivity contribution in [3.8, 4) is 0 Å². The van der Waals surface area contributed by atoms with Crippen LogP contribution in [0, 0.1) is 5.92 Å². The summed E-state index contributed by atoms with van der Waals surface area (Å²) in [5, 5.41) is 3.73. The van der Waals surface area contributed by atoms with Crippen LogP contribution in [0.25, 0.3) is 0 Å². The van der Waals surface area contributed by atoms with Gasteiger partial charge >= 0.3 is 0 Å². The lowest BCUT2D eigenvalue weighted by atomic mass is 10.1. The molecule has 2 fully saturated rings. The first-order valence-corrected chi connectivity index (χ1v) is 11.7. The lowest BCUT2D eigenvalue weighted by Gasteiger charge is -2.36. The van der Waals surface area contributed by atoms with Crippen molar-refractivity contribution in [2.75, 3.05) is 45.0 Å². The zero-order valence-corrected chi connectivity index (χ0v) is 17.9. The largest absolute Gasteiger partial charge is 0.354 e. The maximum Gasteiger partial charge on any atom is 0.230 e. The maximum atomic E-state index is 12.5. The minimum atomic E-state index is 0.0714. The van der Waals surface area contributed by atoms with Crippen molar-refractivity contribution in [3.05, 3.63) is 34.9 Å². The zero-order valence-electron chi connectivity index (χ0n) is 16.4. The van der Waals surface area contributed by atoms with Gasteiger partial charge in [-0.15, -0.1) is 11.8 Å². The molecule has 1 aromatic carbocycles. The number of rotatable bonds is 8. The Balaban J connectivity index is 1.25. The molecule has 154 valence electrons. The summed E-state index contributed by atoms with van der Waals surface area (Å²) in [4.78, 5) is 28.8. The molecule has 5 nitrogen and oxygen atoms in total. The minimum Gasteiger partial charge on any atom is -0.354 e. The molecule has 1 aliphatic carbocycles. The molecule has 1 aliphatic heterocycles. The fourth-order valence-electron chi connectivity index (χ4n) is 3.92. The second kappa shape index (κ2) is 11.1. The third kappa shape index (κ3) is 6.68. The molecule has 0 radical (unpaired) electrons. The van der Waals surface area contributed by atoms with Crippen molar-refractivity contribution in [1.82, 2.24) is 15.1 Å². The van der Waals surface area contributed by atoms with Crippen LogP contribution in [0.2, 0.25) is 5.02 Å². The van der Waals surface area contributed by atoms with E-state index in [0.29, 0.717) is 18.2 Å². The summed E-state index contributed by atoms with van der Waals surface area (Å²) in [7, 11) is 0. The molecule has 1 N–H and O–H groups in total. The van der Waals surface area contributed by atoms with E-state index in [9.17, 15) is 9.59 Å². The van der Waals surface area contributed by atoms with Crippen molar-refractivity contribution in [2.24, 2.45) is 5.92 Å². The summed E-state index contributed by atoms with van der Waals surface area (Å²) in [5.74, 6) is 1.95. The van der Waals surface area contributed by atoms with E-state index in [1.165, 1.54) is 12.8 Å². The number of hydrogen-bond donors (Lipinski definition) is 1. The van der Waals surface area contributed by atoms with E-state index in [-0.39, 0.29) is 11.8 Å². The molecule has 3 rings (SSSR count). The van der Waals surface area contributed by atoms with Crippen molar-refractivity contribution < 1.29 is 9.59 Å². The van der Waals surface area contributed by atoms with E-state index in [0.717, 1.165) is 61.9 Å². The maximum absolute atomic E-state index is 12.5. The number of carbonyl (C=O) groups excluding carboxylic acids is 2. The number of thioether (sulfide) groups is 1. The van der Waals surface area contributed by atoms with E-state index in [2.05, 4.69) is 10.2 Å². The summed E-state index contributed by atoms with van der Waals surface area (Å²) in [6.45, 7) is 4.94. The molecule has 1 heterocycles. The summed E-state index contributed by atoms with van der Waals surface area (Å²) in [6.07, 6.45) is 4.54. The Morgan fingerprint density at radius 3 is 2.61 bits per heavy atom. The lowest BCUT2D eigenvalue weighted by molar-refractivity contribution is -0.137. The Morgan fingerprint density at radius 1 is 1.14 bits per heavy atom. The van der Waals surface area contributed by atoms with Gasteiger partial charge in [0.25, 0.3) is 0 Å². The number of piperazine rings is 1. The van der Waals surface area contributed by atoms with Crippen LogP contribution in [0.15, 0.2) is 24.3 Å². The Morgan fingerprint density at radius 2 is 1.89 bits per heavy atom. The second-order valence-electron chi connectivity index (χ2n) is 7.62. The molecule has 0 bridgehead atoms. The molecule has 1 aromatic rings. The van der Waals surface area contributed by atoms with E-state index in [4.69, 9.17) is 11.6 Å². The summed E-state index contributed by atoms with van der Waals surface area (Å²) in [5.41, 5.74) is 1.13. The predicted octanol–water partition coefficient (Wildman–Crippen LogP) is 3.02. The standard InChI is InChI=1S/C21H30ClN3O2S/c22-19-7-3-4-17(14-19)15-28-16-20(26)23-8-9-24-10-12-25(13-11-24)21(27)18-5-1-2-6-18/h3-4,7,14,18H,1-2,5-6,8-13,15-16H2,(H,23,26). The van der Waals surface area contributed by atoms with Gasteiger partial charge in [-0.25, -0.2) is 0 Å². The SMILES string of the molecule is O=C(CSCc1cccc(Cl)c1)NCCN1CCN(C(=O)C2CCCC2)CC1. The lowest BCUT2D eigenvalue weighted by Crippen LogP contribution is -2.51. The summed E-state index contributed by atoms with van der Waals surface area (Å²) in [6, 6.07) is 7.74. The van der Waals surface area contributed by atoms with E-state index in [1.807, 2.05) is 29.2 Å². The monoisotopic (exact) mass is 423 g/mol. The van der Waals surface area contributed by atoms with Crippen molar-refractivity contribution in [2.45, 2.75) is 31.4 Å². The first kappa shape index (κ1) is 21.5. The molecule has 1 saturated heterocycles. The van der Waals surface area contributed by atoms with Gasteiger partial charge in [-0.05, 0) is 30.5 Å². The van der Waals surface area contributed by atoms with Gasteiger partial charge in [0.05, 0.1) is 5.75 Å². The topological polar surface area (TPSA) is 52.7 Å². The molecular weight excluding hydrogens is 394 g/mol. The second-order valence-corrected chi connectivity index (χ2v) is 9.04. The molecule has 1 saturated carbocycles. The number of halogens is 1. The highest BCUT2D eigenvalue weighted by molar-refractivity contribution is 7.99. The van der Waals surface area contributed by atoms with Crippen molar-refractivity contribution in [1.29, 1.82) is 0 Å². The van der Waals surface area contributed by atoms with Crippen LogP contribution in [0.5, 0.6) is 0 Å². The fraction of sp³-hybridized carbons (Fsp3) is 0.619. The highest BCUT2D eigenvalue weighted by Gasteiger charge is 2.29. The predicted molar refractivity (Wildman–Crippen MR) is 116 cm³/mol. The Kier molecular flexibility index (Phi) is 8.49. The van der Waals surface area contributed by atoms with Crippen LogP contribution in [-0.4, -0.2) is 66.6 Å². The minimum absolute atomic E-state index is 0.0714. The average molecular weight is 424 g/mol. The number of carbonyl (C=O) groups is 2. The molecule has 0 atom stereocenters. The average Bonchev–Trinajstić information content (AvgIpc) is 3.23. The van der Waals surface area contributed by atoms with E-state index >= 15 is 0 Å². The van der Waals surface area contributed by atoms with Crippen LogP contribution in [0.4, 0.5) is 0 Å². The van der Waals surface area contributed by atoms with E-state index in [1.54, 1.807) is 11.8 Å². The number of hydrogen-bond acceptors (Lipinski definition) is 4. The van der Waals surface area contributed by atoms with Crippen LogP contribution in [0.1, 0.15) is 31.2 Å². The van der Waals surface area contributed by atoms with Gasteiger partial charge in [-0.3, -0.25) is 14.5 Å². The van der Waals surface area contributed by atoms with Gasteiger partial charge in [0.15, 0.2) is 0 Å². The summed E-state index contributed by atoms with van der Waals surface area (Å²) < 4.78 is 0. The van der Waals surface area contributed by atoms with Crippen LogP contribution < -0.4 is 5.32 Å². The quantitative estimate of drug-likeness (QED) is 0.698. The van der Waals surface area contributed by atoms with Gasteiger partial charge in [0.2, 0.25) is 11.8 Å². The number of nitrogens with one attached hydrogen (secondary N) is 1. The highest BCUT2D eigenvalue weighted by atomic mass is 35.5. The van der Waals surface area contributed by atoms with Crippen LogP contribution in [0.3, 0.4) is 0 Å². The molecule has 0 aromatic heterocycles. The molecule has 28 heavy (non-hydrogen) atoms. The Hall–Kier alpha value is -1.24. The molecular formula is C21H30ClN3O2S. The Bertz CT molecular complexity index is 659. The molecule has 0 unspecified atom stereocenters. The third-order valence-electron chi connectivity index (χ3n) is 5.53. The first-order chi connectivity index (χ1) is 13.6. The normalized spacial score (nSPS) is 18.4. The van der Waals surface area contributed by atoms with Crippen molar-refractivity contribution >= 4 is 35.2 Å². The molecule has 0 spiro atoms. The Labute approximate surface area is 177 Å². The van der Waals surface area contributed by atoms with Gasteiger partial charge in [-0.1, -0.05) is 36.6 Å². The van der Waals surface area contributed by atoms with Gasteiger partial charge in [0, 0.05) is 56.0 Å². The van der Waals surface area contributed by atoms with Crippen LogP contribution in [-0.2, 0) is 15.3 Å². The number of benzene rings is 1. The number of amides is 2. The van der Waals surface area contributed by atoms with Gasteiger partial charge < -0.3 is 10.2 Å². The first-order valence-electron chi connectivity index (χ1n) is 10.2. The van der Waals surface area contributed by atoms with Crippen molar-refractivity contribution in [3.63, 3.8) is 0 Å². The summed E-state index contributed by atoms with van der Waals surface area (Å²) >= 11 is 7.57. The molecule has 2 aliphatic rings.